The van der Waals surface area contributed by atoms with E-state index in [1.165, 1.54) is 18.4 Å². The van der Waals surface area contributed by atoms with E-state index in [0.29, 0.717) is 6.61 Å². The molecule has 0 bridgehead atoms. The lowest BCUT2D eigenvalue weighted by Crippen LogP contribution is -2.40. The molecule has 5 nitrogen and oxygen atoms in total. The van der Waals surface area contributed by atoms with Gasteiger partial charge >= 0.3 is 0 Å². The second-order valence-corrected chi connectivity index (χ2v) is 5.92. The molecule has 0 heterocycles. The van der Waals surface area contributed by atoms with Crippen molar-refractivity contribution in [2.45, 2.75) is 26.3 Å². The predicted octanol–water partition coefficient (Wildman–Crippen LogP) is 3.14. The van der Waals surface area contributed by atoms with Gasteiger partial charge in [-0.3, -0.25) is 4.99 Å². The molecule has 0 aliphatic heterocycles. The van der Waals surface area contributed by atoms with Gasteiger partial charge in [-0.25, -0.2) is 0 Å². The van der Waals surface area contributed by atoms with E-state index in [1.54, 1.807) is 7.05 Å². The Hall–Kier alpha value is -1.02. The summed E-state index contributed by atoms with van der Waals surface area (Å²) in [6, 6.07) is 8.13. The number of nitrogens with one attached hydrogen (secondary N) is 1. The van der Waals surface area contributed by atoms with Crippen LogP contribution in [0.1, 0.15) is 25.3 Å². The van der Waals surface area contributed by atoms with Crippen molar-refractivity contribution in [3.63, 3.8) is 0 Å². The molecule has 2 rings (SSSR count). The first-order valence-electron chi connectivity index (χ1n) is 8.44. The quantitative estimate of drug-likeness (QED) is 0.274. The van der Waals surface area contributed by atoms with Gasteiger partial charge < -0.3 is 19.7 Å². The summed E-state index contributed by atoms with van der Waals surface area (Å²) in [7, 11) is 3.84. The molecular weight excluding hydrogens is 417 g/mol. The van der Waals surface area contributed by atoms with Crippen LogP contribution in [0.3, 0.4) is 0 Å². The Morgan fingerprint density at radius 2 is 2.17 bits per heavy atom. The summed E-state index contributed by atoms with van der Waals surface area (Å²) in [6.07, 6.45) is 2.67. The molecule has 0 radical (unpaired) electrons. The molecule has 1 aliphatic rings. The summed E-state index contributed by atoms with van der Waals surface area (Å²) in [5.74, 6) is 2.60. The molecule has 0 aromatic heterocycles. The van der Waals surface area contributed by atoms with Gasteiger partial charge in [-0.15, -0.1) is 24.0 Å². The van der Waals surface area contributed by atoms with Crippen LogP contribution in [0.15, 0.2) is 29.3 Å². The molecule has 0 saturated heterocycles. The SMILES string of the molecule is CCOc1cccc(CNC(=NC)N(C)CCOCC2CC2)c1.I. The van der Waals surface area contributed by atoms with E-state index in [-0.39, 0.29) is 24.0 Å². The maximum atomic E-state index is 5.69. The van der Waals surface area contributed by atoms with Gasteiger partial charge in [0.15, 0.2) is 5.96 Å². The van der Waals surface area contributed by atoms with Crippen LogP contribution in [0.25, 0.3) is 0 Å². The van der Waals surface area contributed by atoms with Crippen molar-refractivity contribution < 1.29 is 9.47 Å². The third-order valence-electron chi connectivity index (χ3n) is 3.85. The third-order valence-corrected chi connectivity index (χ3v) is 3.85. The summed E-state index contributed by atoms with van der Waals surface area (Å²) in [5.41, 5.74) is 1.18. The van der Waals surface area contributed by atoms with Crippen molar-refractivity contribution in [2.75, 3.05) is 40.5 Å². The van der Waals surface area contributed by atoms with Gasteiger partial charge in [-0.05, 0) is 43.4 Å². The molecule has 24 heavy (non-hydrogen) atoms. The molecule has 1 aliphatic carbocycles. The van der Waals surface area contributed by atoms with Crippen LogP contribution in [0.4, 0.5) is 0 Å². The highest BCUT2D eigenvalue weighted by atomic mass is 127. The predicted molar refractivity (Wildman–Crippen MR) is 109 cm³/mol. The molecule has 0 unspecified atom stereocenters. The minimum atomic E-state index is 0. The minimum Gasteiger partial charge on any atom is -0.494 e. The average Bonchev–Trinajstić information content (AvgIpc) is 3.37. The van der Waals surface area contributed by atoms with Crippen LogP contribution in [0.5, 0.6) is 5.75 Å². The Balaban J connectivity index is 0.00000288. The lowest BCUT2D eigenvalue weighted by molar-refractivity contribution is 0.115. The third kappa shape index (κ3) is 7.70. The Bertz CT molecular complexity index is 507. The first-order valence-corrected chi connectivity index (χ1v) is 8.44. The van der Waals surface area contributed by atoms with Crippen LogP contribution >= 0.6 is 24.0 Å². The first kappa shape index (κ1) is 21.0. The fourth-order valence-corrected chi connectivity index (χ4v) is 2.32. The smallest absolute Gasteiger partial charge is 0.193 e. The number of likely N-dealkylation sites (N-methyl/N-ethyl adjacent to an activating group) is 1. The van der Waals surface area contributed by atoms with E-state index >= 15 is 0 Å². The van der Waals surface area contributed by atoms with Crippen LogP contribution in [0.2, 0.25) is 0 Å². The largest absolute Gasteiger partial charge is 0.494 e. The van der Waals surface area contributed by atoms with E-state index < -0.39 is 0 Å². The Kier molecular flexibility index (Phi) is 10.1. The summed E-state index contributed by atoms with van der Waals surface area (Å²) in [5, 5.41) is 3.38. The molecule has 1 N–H and O–H groups in total. The fraction of sp³-hybridized carbons (Fsp3) is 0.611. The van der Waals surface area contributed by atoms with Crippen LogP contribution < -0.4 is 10.1 Å². The number of nitrogens with zero attached hydrogens (tertiary/aromatic N) is 2. The van der Waals surface area contributed by atoms with Crippen molar-refractivity contribution >= 4 is 29.9 Å². The highest BCUT2D eigenvalue weighted by Crippen LogP contribution is 2.28. The molecule has 136 valence electrons. The summed E-state index contributed by atoms with van der Waals surface area (Å²) in [4.78, 5) is 6.43. The maximum Gasteiger partial charge on any atom is 0.193 e. The molecule has 6 heteroatoms. The van der Waals surface area contributed by atoms with Crippen molar-refractivity contribution in [2.24, 2.45) is 10.9 Å². The lowest BCUT2D eigenvalue weighted by Gasteiger charge is -2.22. The summed E-state index contributed by atoms with van der Waals surface area (Å²) in [6.45, 7) is 5.89. The number of aliphatic imine (C=N–C) groups is 1. The standard InChI is InChI=1S/C18H29N3O2.HI/c1-4-23-17-7-5-6-16(12-17)13-20-18(19-2)21(3)10-11-22-14-15-8-9-15;/h5-7,12,15H,4,8-11,13-14H2,1-3H3,(H,19,20);1H. The van der Waals surface area contributed by atoms with Crippen LogP contribution in [-0.2, 0) is 11.3 Å². The van der Waals surface area contributed by atoms with Gasteiger partial charge in [0.05, 0.1) is 13.2 Å². The van der Waals surface area contributed by atoms with Crippen molar-refractivity contribution in [3.05, 3.63) is 29.8 Å². The number of halogens is 1. The van der Waals surface area contributed by atoms with Gasteiger partial charge in [-0.1, -0.05) is 12.1 Å². The molecular formula is C18H30IN3O2. The molecule has 1 saturated carbocycles. The number of hydrogen-bond donors (Lipinski definition) is 1. The zero-order valence-corrected chi connectivity index (χ0v) is 17.3. The molecule has 1 fully saturated rings. The number of rotatable bonds is 9. The van der Waals surface area contributed by atoms with E-state index in [0.717, 1.165) is 43.9 Å². The minimum absolute atomic E-state index is 0. The van der Waals surface area contributed by atoms with E-state index in [2.05, 4.69) is 27.3 Å². The number of ether oxygens (including phenoxy) is 2. The van der Waals surface area contributed by atoms with Crippen LogP contribution in [-0.4, -0.2) is 51.3 Å². The van der Waals surface area contributed by atoms with E-state index in [9.17, 15) is 0 Å². The zero-order chi connectivity index (χ0) is 16.5. The number of guanidine groups is 1. The normalized spacial score (nSPS) is 14.0. The van der Waals surface area contributed by atoms with E-state index in [4.69, 9.17) is 9.47 Å². The maximum absolute atomic E-state index is 5.69. The Morgan fingerprint density at radius 1 is 1.38 bits per heavy atom. The molecule has 0 atom stereocenters. The van der Waals surface area contributed by atoms with Crippen molar-refractivity contribution in [1.82, 2.24) is 10.2 Å². The highest BCUT2D eigenvalue weighted by Gasteiger charge is 2.21. The topological polar surface area (TPSA) is 46.1 Å². The second kappa shape index (κ2) is 11.5. The monoisotopic (exact) mass is 447 g/mol. The summed E-state index contributed by atoms with van der Waals surface area (Å²) < 4.78 is 11.2. The van der Waals surface area contributed by atoms with Gasteiger partial charge in [0.25, 0.3) is 0 Å². The van der Waals surface area contributed by atoms with E-state index in [1.807, 2.05) is 26.1 Å². The van der Waals surface area contributed by atoms with Crippen LogP contribution in [0, 0.1) is 5.92 Å². The Labute approximate surface area is 162 Å². The second-order valence-electron chi connectivity index (χ2n) is 5.92. The average molecular weight is 447 g/mol. The van der Waals surface area contributed by atoms with Gasteiger partial charge in [-0.2, -0.15) is 0 Å². The number of benzene rings is 1. The molecule has 1 aromatic carbocycles. The first-order chi connectivity index (χ1) is 11.2. The molecule has 0 spiro atoms. The van der Waals surface area contributed by atoms with Crippen molar-refractivity contribution in [3.8, 4) is 5.75 Å². The summed E-state index contributed by atoms with van der Waals surface area (Å²) >= 11 is 0. The number of hydrogen-bond acceptors (Lipinski definition) is 3. The van der Waals surface area contributed by atoms with Gasteiger partial charge in [0.1, 0.15) is 5.75 Å². The molecule has 0 amide bonds. The van der Waals surface area contributed by atoms with Crippen molar-refractivity contribution in [1.29, 1.82) is 0 Å². The van der Waals surface area contributed by atoms with Gasteiger partial charge in [0.2, 0.25) is 0 Å². The molecule has 1 aromatic rings. The highest BCUT2D eigenvalue weighted by molar-refractivity contribution is 14.0. The Morgan fingerprint density at radius 3 is 2.83 bits per heavy atom. The zero-order valence-electron chi connectivity index (χ0n) is 15.0. The fourth-order valence-electron chi connectivity index (χ4n) is 2.32. The lowest BCUT2D eigenvalue weighted by atomic mass is 10.2. The van der Waals surface area contributed by atoms with Gasteiger partial charge in [0, 0.05) is 33.8 Å².